The number of benzene rings is 2. The van der Waals surface area contributed by atoms with Crippen LogP contribution >= 0.6 is 0 Å². The monoisotopic (exact) mass is 542 g/mol. The molecule has 3 heterocycles. The van der Waals surface area contributed by atoms with Gasteiger partial charge < -0.3 is 25.1 Å². The van der Waals surface area contributed by atoms with Crippen LogP contribution in [0.15, 0.2) is 66.9 Å². The van der Waals surface area contributed by atoms with Crippen molar-refractivity contribution in [2.24, 2.45) is 5.41 Å². The third-order valence-corrected chi connectivity index (χ3v) is 6.97. The molecule has 1 aliphatic heterocycles. The fraction of sp³-hybridized carbons (Fsp3) is 0.333. The number of halogens is 1. The quantitative estimate of drug-likeness (QED) is 0.282. The first-order valence-electron chi connectivity index (χ1n) is 13.4. The van der Waals surface area contributed by atoms with E-state index in [1.165, 1.54) is 12.1 Å². The second-order valence-electron chi connectivity index (χ2n) is 10.7. The highest BCUT2D eigenvalue weighted by Gasteiger charge is 2.35. The highest BCUT2D eigenvalue weighted by atomic mass is 19.1. The van der Waals surface area contributed by atoms with Gasteiger partial charge in [0.25, 0.3) is 0 Å². The highest BCUT2D eigenvalue weighted by Crippen LogP contribution is 2.35. The fourth-order valence-corrected chi connectivity index (χ4v) is 4.54. The molecule has 1 saturated carbocycles. The summed E-state index contributed by atoms with van der Waals surface area (Å²) in [5, 5.41) is 6.33. The van der Waals surface area contributed by atoms with Crippen LogP contribution in [0, 0.1) is 11.2 Å². The number of aromatic nitrogens is 4. The molecule has 206 valence electrons. The zero-order chi connectivity index (χ0) is 27.5. The summed E-state index contributed by atoms with van der Waals surface area (Å²) in [4.78, 5) is 29.6. The van der Waals surface area contributed by atoms with Gasteiger partial charge in [-0.05, 0) is 48.7 Å². The normalized spacial score (nSPS) is 20.7. The third kappa shape index (κ3) is 6.19. The number of carbonyl (C=O) groups is 1. The van der Waals surface area contributed by atoms with E-state index in [9.17, 15) is 9.18 Å². The van der Waals surface area contributed by atoms with Gasteiger partial charge in [0.15, 0.2) is 5.82 Å². The number of anilines is 1. The van der Waals surface area contributed by atoms with E-state index in [1.807, 2.05) is 37.3 Å². The highest BCUT2D eigenvalue weighted by molar-refractivity contribution is 5.78. The lowest BCUT2D eigenvalue weighted by Crippen LogP contribution is -2.45. The molecule has 0 atom stereocenters. The van der Waals surface area contributed by atoms with Crippen molar-refractivity contribution in [3.63, 3.8) is 0 Å². The molecule has 0 spiro atoms. The molecule has 1 aliphatic carbocycles. The SMILES string of the molecule is CC1(CNC(=O)Cc2ccccc2)COC(c2nc(-c3ccc(F)cc3)c(-c3ccnc(NC4CC4)n3)[nH]2)OC1. The molecular weight excluding hydrogens is 511 g/mol. The number of H-pyrrole nitrogens is 1. The number of imidazole rings is 1. The van der Waals surface area contributed by atoms with E-state index in [0.29, 0.717) is 61.1 Å². The number of amides is 1. The Balaban J connectivity index is 1.17. The van der Waals surface area contributed by atoms with Crippen LogP contribution in [0.2, 0.25) is 0 Å². The summed E-state index contributed by atoms with van der Waals surface area (Å²) >= 11 is 0. The van der Waals surface area contributed by atoms with Crippen LogP contribution in [0.5, 0.6) is 0 Å². The van der Waals surface area contributed by atoms with E-state index in [0.717, 1.165) is 24.0 Å². The minimum atomic E-state index is -0.730. The largest absolute Gasteiger partial charge is 0.355 e. The molecule has 1 saturated heterocycles. The summed E-state index contributed by atoms with van der Waals surface area (Å²) < 4.78 is 25.9. The van der Waals surface area contributed by atoms with Crippen LogP contribution < -0.4 is 10.6 Å². The summed E-state index contributed by atoms with van der Waals surface area (Å²) in [6.07, 6.45) is 3.51. The van der Waals surface area contributed by atoms with Crippen molar-refractivity contribution in [3.8, 4) is 22.6 Å². The standard InChI is InChI=1S/C30H31FN6O3/c1-30(16-33-24(38)15-19-5-3-2-4-6-19)17-39-28(40-18-30)27-36-25(20-7-9-21(31)10-8-20)26(37-27)23-13-14-32-29(35-23)34-22-11-12-22/h2-10,13-14,22,28H,11-12,15-18H2,1H3,(H,33,38)(H,36,37)(H,32,34,35). The van der Waals surface area contributed by atoms with Crippen LogP contribution in [0.4, 0.5) is 10.3 Å². The maximum absolute atomic E-state index is 13.7. The molecule has 0 radical (unpaired) electrons. The van der Waals surface area contributed by atoms with Crippen molar-refractivity contribution >= 4 is 11.9 Å². The number of nitrogens with one attached hydrogen (secondary N) is 3. The summed E-state index contributed by atoms with van der Waals surface area (Å²) in [6.45, 7) is 3.18. The van der Waals surface area contributed by atoms with Crippen molar-refractivity contribution in [2.45, 2.75) is 38.5 Å². The Labute approximate surface area is 231 Å². The van der Waals surface area contributed by atoms with Gasteiger partial charge in [-0.1, -0.05) is 37.3 Å². The Morgan fingerprint density at radius 3 is 2.52 bits per heavy atom. The van der Waals surface area contributed by atoms with Gasteiger partial charge in [0, 0.05) is 29.8 Å². The molecule has 40 heavy (non-hydrogen) atoms. The van der Waals surface area contributed by atoms with Gasteiger partial charge in [-0.3, -0.25) is 4.79 Å². The minimum Gasteiger partial charge on any atom is -0.355 e. The number of nitrogens with zero attached hydrogens (tertiary/aromatic N) is 3. The Hall–Kier alpha value is -4.15. The molecule has 0 unspecified atom stereocenters. The number of hydrogen-bond donors (Lipinski definition) is 3. The summed E-state index contributed by atoms with van der Waals surface area (Å²) in [5.74, 6) is 0.666. The van der Waals surface area contributed by atoms with Gasteiger partial charge in [-0.15, -0.1) is 0 Å². The van der Waals surface area contributed by atoms with E-state index in [4.69, 9.17) is 14.5 Å². The van der Waals surface area contributed by atoms with Crippen molar-refractivity contribution in [3.05, 3.63) is 84.1 Å². The molecule has 2 fully saturated rings. The van der Waals surface area contributed by atoms with E-state index >= 15 is 0 Å². The third-order valence-electron chi connectivity index (χ3n) is 6.97. The number of hydrogen-bond acceptors (Lipinski definition) is 7. The van der Waals surface area contributed by atoms with E-state index in [1.54, 1.807) is 24.4 Å². The van der Waals surface area contributed by atoms with Gasteiger partial charge in [-0.2, -0.15) is 0 Å². The fourth-order valence-electron chi connectivity index (χ4n) is 4.54. The Kier molecular flexibility index (Phi) is 7.27. The Morgan fingerprint density at radius 2 is 1.80 bits per heavy atom. The second kappa shape index (κ2) is 11.1. The topological polar surface area (TPSA) is 114 Å². The molecule has 4 aromatic rings. The number of carbonyl (C=O) groups excluding carboxylic acids is 1. The molecule has 2 aromatic heterocycles. The average molecular weight is 543 g/mol. The predicted octanol–water partition coefficient (Wildman–Crippen LogP) is 4.66. The minimum absolute atomic E-state index is 0.0467. The molecule has 3 N–H and O–H groups in total. The van der Waals surface area contributed by atoms with Gasteiger partial charge in [0.05, 0.1) is 36.7 Å². The van der Waals surface area contributed by atoms with Gasteiger partial charge in [-0.25, -0.2) is 19.3 Å². The van der Waals surface area contributed by atoms with Gasteiger partial charge in [0.1, 0.15) is 5.82 Å². The van der Waals surface area contributed by atoms with E-state index in [-0.39, 0.29) is 11.7 Å². The molecule has 6 rings (SSSR count). The molecule has 1 amide bonds. The number of rotatable bonds is 9. The smallest absolute Gasteiger partial charge is 0.224 e. The van der Waals surface area contributed by atoms with Crippen molar-refractivity contribution in [2.75, 3.05) is 25.1 Å². The summed E-state index contributed by atoms with van der Waals surface area (Å²) in [6, 6.07) is 18.0. The number of aromatic amines is 1. The summed E-state index contributed by atoms with van der Waals surface area (Å²) in [7, 11) is 0. The zero-order valence-electron chi connectivity index (χ0n) is 22.2. The molecule has 0 bridgehead atoms. The van der Waals surface area contributed by atoms with Gasteiger partial charge >= 0.3 is 0 Å². The lowest BCUT2D eigenvalue weighted by atomic mass is 9.92. The lowest BCUT2D eigenvalue weighted by Gasteiger charge is -2.36. The predicted molar refractivity (Wildman–Crippen MR) is 148 cm³/mol. The van der Waals surface area contributed by atoms with Crippen LogP contribution in [0.3, 0.4) is 0 Å². The maximum Gasteiger partial charge on any atom is 0.224 e. The van der Waals surface area contributed by atoms with Crippen LogP contribution in [-0.2, 0) is 20.7 Å². The molecule has 9 nitrogen and oxygen atoms in total. The molecule has 2 aromatic carbocycles. The maximum atomic E-state index is 13.7. The lowest BCUT2D eigenvalue weighted by molar-refractivity contribution is -0.232. The van der Waals surface area contributed by atoms with E-state index in [2.05, 4.69) is 25.6 Å². The first-order chi connectivity index (χ1) is 19.4. The van der Waals surface area contributed by atoms with Crippen molar-refractivity contribution in [1.82, 2.24) is 25.3 Å². The van der Waals surface area contributed by atoms with Crippen LogP contribution in [-0.4, -0.2) is 51.6 Å². The van der Waals surface area contributed by atoms with Crippen LogP contribution in [0.25, 0.3) is 22.6 Å². The second-order valence-corrected chi connectivity index (χ2v) is 10.7. The first kappa shape index (κ1) is 26.1. The van der Waals surface area contributed by atoms with Crippen molar-refractivity contribution < 1.29 is 18.7 Å². The average Bonchev–Trinajstić information content (AvgIpc) is 3.67. The zero-order valence-corrected chi connectivity index (χ0v) is 22.2. The van der Waals surface area contributed by atoms with Crippen LogP contribution in [0.1, 0.15) is 37.4 Å². The van der Waals surface area contributed by atoms with E-state index < -0.39 is 11.7 Å². The molecule has 2 aliphatic rings. The van der Waals surface area contributed by atoms with Gasteiger partial charge in [0.2, 0.25) is 18.1 Å². The Morgan fingerprint density at radius 1 is 1.05 bits per heavy atom. The Bertz CT molecular complexity index is 1460. The summed E-state index contributed by atoms with van der Waals surface area (Å²) in [5.41, 5.74) is 3.23. The van der Waals surface area contributed by atoms with Crippen molar-refractivity contribution in [1.29, 1.82) is 0 Å². The molecular formula is C30H31FN6O3. The number of ether oxygens (including phenoxy) is 2. The molecule has 10 heteroatoms. The first-order valence-corrected chi connectivity index (χ1v) is 13.4.